The van der Waals surface area contributed by atoms with E-state index < -0.39 is 0 Å². The van der Waals surface area contributed by atoms with Gasteiger partial charge in [-0.2, -0.15) is 0 Å². The fourth-order valence-electron chi connectivity index (χ4n) is 3.36. The molecule has 18 heavy (non-hydrogen) atoms. The summed E-state index contributed by atoms with van der Waals surface area (Å²) in [6, 6.07) is 10.5. The highest BCUT2D eigenvalue weighted by Crippen LogP contribution is 2.32. The van der Waals surface area contributed by atoms with Gasteiger partial charge >= 0.3 is 0 Å². The molecule has 1 aliphatic rings. The van der Waals surface area contributed by atoms with E-state index in [1.54, 1.807) is 0 Å². The summed E-state index contributed by atoms with van der Waals surface area (Å²) in [6.07, 6.45) is 3.95. The minimum atomic E-state index is 0.371. The summed E-state index contributed by atoms with van der Waals surface area (Å²) in [6.45, 7) is 7.54. The second-order valence-corrected chi connectivity index (χ2v) is 5.74. The summed E-state index contributed by atoms with van der Waals surface area (Å²) in [4.78, 5) is 2.62. The molecule has 1 aromatic carbocycles. The van der Waals surface area contributed by atoms with Gasteiger partial charge in [0, 0.05) is 24.7 Å². The van der Waals surface area contributed by atoms with E-state index in [0.717, 1.165) is 0 Å². The highest BCUT2D eigenvalue weighted by Gasteiger charge is 2.31. The fraction of sp³-hybridized carbons (Fsp3) is 0.625. The molecular weight excluding hydrogens is 220 g/mol. The normalized spacial score (nSPS) is 27.1. The maximum Gasteiger partial charge on any atom is 0.0476 e. The zero-order valence-electron chi connectivity index (χ0n) is 11.9. The molecule has 100 valence electrons. The summed E-state index contributed by atoms with van der Waals surface area (Å²) in [5, 5.41) is 0. The van der Waals surface area contributed by atoms with Crippen LogP contribution in [0.3, 0.4) is 0 Å². The average molecular weight is 246 g/mol. The Morgan fingerprint density at radius 3 is 2.50 bits per heavy atom. The van der Waals surface area contributed by atoms with Crippen LogP contribution in [-0.4, -0.2) is 23.5 Å². The molecule has 0 bridgehead atoms. The SMILES string of the molecule is Cc1cccc(C(CN)N2[C@H](C)CCC[C@@H]2C)c1. The van der Waals surface area contributed by atoms with Crippen molar-refractivity contribution in [2.24, 2.45) is 5.73 Å². The number of rotatable bonds is 3. The number of benzene rings is 1. The average Bonchev–Trinajstić information content (AvgIpc) is 2.34. The third-order valence-electron chi connectivity index (χ3n) is 4.27. The minimum absolute atomic E-state index is 0.371. The third kappa shape index (κ3) is 2.76. The predicted molar refractivity (Wildman–Crippen MR) is 77.6 cm³/mol. The van der Waals surface area contributed by atoms with Crippen molar-refractivity contribution in [3.63, 3.8) is 0 Å². The first-order valence-electron chi connectivity index (χ1n) is 7.17. The van der Waals surface area contributed by atoms with Crippen molar-refractivity contribution in [3.05, 3.63) is 35.4 Å². The number of nitrogens with zero attached hydrogens (tertiary/aromatic N) is 1. The molecule has 1 aromatic rings. The maximum atomic E-state index is 6.07. The lowest BCUT2D eigenvalue weighted by molar-refractivity contribution is 0.0577. The zero-order valence-corrected chi connectivity index (χ0v) is 11.9. The summed E-state index contributed by atoms with van der Waals surface area (Å²) in [5.41, 5.74) is 8.76. The van der Waals surface area contributed by atoms with Gasteiger partial charge in [-0.05, 0) is 39.2 Å². The van der Waals surface area contributed by atoms with Crippen molar-refractivity contribution in [2.75, 3.05) is 6.54 Å². The van der Waals surface area contributed by atoms with Crippen molar-refractivity contribution in [1.29, 1.82) is 0 Å². The van der Waals surface area contributed by atoms with Crippen LogP contribution in [0.5, 0.6) is 0 Å². The Morgan fingerprint density at radius 2 is 1.94 bits per heavy atom. The first-order chi connectivity index (χ1) is 8.63. The molecule has 2 nitrogen and oxygen atoms in total. The smallest absolute Gasteiger partial charge is 0.0476 e. The second-order valence-electron chi connectivity index (χ2n) is 5.74. The van der Waals surface area contributed by atoms with Crippen LogP contribution in [0.1, 0.15) is 50.3 Å². The number of hydrogen-bond acceptors (Lipinski definition) is 2. The molecule has 2 N–H and O–H groups in total. The molecule has 1 fully saturated rings. The summed E-state index contributed by atoms with van der Waals surface area (Å²) >= 11 is 0. The van der Waals surface area contributed by atoms with Crippen molar-refractivity contribution >= 4 is 0 Å². The van der Waals surface area contributed by atoms with Gasteiger partial charge in [-0.25, -0.2) is 0 Å². The molecule has 0 saturated carbocycles. The van der Waals surface area contributed by atoms with E-state index in [9.17, 15) is 0 Å². The zero-order chi connectivity index (χ0) is 13.1. The van der Waals surface area contributed by atoms with Crippen molar-refractivity contribution in [3.8, 4) is 0 Å². The van der Waals surface area contributed by atoms with E-state index in [1.807, 2.05) is 0 Å². The van der Waals surface area contributed by atoms with Crippen molar-refractivity contribution in [1.82, 2.24) is 4.90 Å². The molecular formula is C16H26N2. The maximum absolute atomic E-state index is 6.07. The molecule has 0 aromatic heterocycles. The lowest BCUT2D eigenvalue weighted by Crippen LogP contribution is -2.48. The standard InChI is InChI=1S/C16H26N2/c1-12-6-4-9-15(10-12)16(11-17)18-13(2)7-5-8-14(18)3/h4,6,9-10,13-14,16H,5,7-8,11,17H2,1-3H3/t13-,14+,16?. The van der Waals surface area contributed by atoms with Gasteiger partial charge in [0.05, 0.1) is 0 Å². The Hall–Kier alpha value is -0.860. The Labute approximate surface area is 111 Å². The van der Waals surface area contributed by atoms with Gasteiger partial charge in [0.1, 0.15) is 0 Å². The first kappa shape index (κ1) is 13.6. The highest BCUT2D eigenvalue weighted by atomic mass is 15.2. The van der Waals surface area contributed by atoms with Crippen LogP contribution in [0.2, 0.25) is 0 Å². The van der Waals surface area contributed by atoms with Gasteiger partial charge in [0.2, 0.25) is 0 Å². The number of likely N-dealkylation sites (tertiary alicyclic amines) is 1. The van der Waals surface area contributed by atoms with Crippen LogP contribution in [0.15, 0.2) is 24.3 Å². The van der Waals surface area contributed by atoms with Gasteiger partial charge in [0.25, 0.3) is 0 Å². The molecule has 0 spiro atoms. The van der Waals surface area contributed by atoms with Gasteiger partial charge in [0.15, 0.2) is 0 Å². The predicted octanol–water partition coefficient (Wildman–Crippen LogP) is 3.26. The van der Waals surface area contributed by atoms with E-state index in [0.29, 0.717) is 24.7 Å². The second kappa shape index (κ2) is 5.85. The fourth-order valence-corrected chi connectivity index (χ4v) is 3.36. The first-order valence-corrected chi connectivity index (χ1v) is 7.17. The minimum Gasteiger partial charge on any atom is -0.329 e. The Bertz CT molecular complexity index is 378. The Kier molecular flexibility index (Phi) is 4.41. The molecule has 1 heterocycles. The van der Waals surface area contributed by atoms with Gasteiger partial charge < -0.3 is 5.73 Å². The van der Waals surface area contributed by atoms with Crippen LogP contribution < -0.4 is 5.73 Å². The van der Waals surface area contributed by atoms with E-state index in [-0.39, 0.29) is 0 Å². The number of piperidine rings is 1. The molecule has 2 heteroatoms. The summed E-state index contributed by atoms with van der Waals surface area (Å²) in [7, 11) is 0. The topological polar surface area (TPSA) is 29.3 Å². The number of hydrogen-bond donors (Lipinski definition) is 1. The quantitative estimate of drug-likeness (QED) is 0.887. The number of aryl methyl sites for hydroxylation is 1. The largest absolute Gasteiger partial charge is 0.329 e. The molecule has 3 atom stereocenters. The van der Waals surface area contributed by atoms with Crippen LogP contribution in [0, 0.1) is 6.92 Å². The molecule has 0 radical (unpaired) electrons. The highest BCUT2D eigenvalue weighted by molar-refractivity contribution is 5.26. The van der Waals surface area contributed by atoms with Crippen LogP contribution in [-0.2, 0) is 0 Å². The summed E-state index contributed by atoms with van der Waals surface area (Å²) in [5.74, 6) is 0. The molecule has 2 rings (SSSR count). The van der Waals surface area contributed by atoms with Crippen molar-refractivity contribution in [2.45, 2.75) is 58.2 Å². The van der Waals surface area contributed by atoms with E-state index in [4.69, 9.17) is 5.73 Å². The lowest BCUT2D eigenvalue weighted by atomic mass is 9.92. The third-order valence-corrected chi connectivity index (χ3v) is 4.27. The van der Waals surface area contributed by atoms with Gasteiger partial charge in [-0.3, -0.25) is 4.90 Å². The monoisotopic (exact) mass is 246 g/mol. The van der Waals surface area contributed by atoms with Crippen molar-refractivity contribution < 1.29 is 0 Å². The summed E-state index contributed by atoms with van der Waals surface area (Å²) < 4.78 is 0. The Morgan fingerprint density at radius 1 is 1.28 bits per heavy atom. The molecule has 1 saturated heterocycles. The molecule has 1 aliphatic heterocycles. The molecule has 0 amide bonds. The molecule has 0 aliphatic carbocycles. The van der Waals surface area contributed by atoms with E-state index >= 15 is 0 Å². The van der Waals surface area contributed by atoms with Gasteiger partial charge in [-0.15, -0.1) is 0 Å². The Balaban J connectivity index is 2.26. The van der Waals surface area contributed by atoms with E-state index in [1.165, 1.54) is 30.4 Å². The van der Waals surface area contributed by atoms with Crippen LogP contribution >= 0.6 is 0 Å². The lowest BCUT2D eigenvalue weighted by Gasteiger charge is -2.44. The van der Waals surface area contributed by atoms with Crippen LogP contribution in [0.25, 0.3) is 0 Å². The van der Waals surface area contributed by atoms with Gasteiger partial charge in [-0.1, -0.05) is 36.2 Å². The van der Waals surface area contributed by atoms with E-state index in [2.05, 4.69) is 49.9 Å². The van der Waals surface area contributed by atoms with Crippen LogP contribution in [0.4, 0.5) is 0 Å². The molecule has 1 unspecified atom stereocenters. The number of nitrogens with two attached hydrogens (primary N) is 1.